The van der Waals surface area contributed by atoms with Gasteiger partial charge in [0, 0.05) is 5.25 Å². The summed E-state index contributed by atoms with van der Waals surface area (Å²) in [6, 6.07) is -0.344. The Balaban J connectivity index is 2.79. The Hall–Kier alpha value is -1.24. The maximum atomic E-state index is 12.0. The SMILES string of the molecule is CC(C)CC(NC(=O)OC(C)(C)C)c1nnc(SC(C)C)o1. The minimum Gasteiger partial charge on any atom is -0.444 e. The van der Waals surface area contributed by atoms with Crippen molar-refractivity contribution in [3.05, 3.63) is 5.89 Å². The van der Waals surface area contributed by atoms with Crippen molar-refractivity contribution in [3.8, 4) is 0 Å². The Labute approximate surface area is 136 Å². The molecule has 1 amide bonds. The number of thioether (sulfide) groups is 1. The molecule has 1 aromatic rings. The van der Waals surface area contributed by atoms with Crippen LogP contribution in [0.5, 0.6) is 0 Å². The molecule has 0 fully saturated rings. The molecule has 0 bridgehead atoms. The number of nitrogens with zero attached hydrogens (tertiary/aromatic N) is 2. The Kier molecular flexibility index (Phi) is 6.71. The Morgan fingerprint density at radius 3 is 2.41 bits per heavy atom. The van der Waals surface area contributed by atoms with Gasteiger partial charge >= 0.3 is 6.09 Å². The Morgan fingerprint density at radius 1 is 1.27 bits per heavy atom. The van der Waals surface area contributed by atoms with Crippen LogP contribution in [0, 0.1) is 5.92 Å². The molecular weight excluding hydrogens is 302 g/mol. The maximum absolute atomic E-state index is 12.0. The number of nitrogens with one attached hydrogen (secondary N) is 1. The molecule has 1 N–H and O–H groups in total. The van der Waals surface area contributed by atoms with Gasteiger partial charge in [-0.2, -0.15) is 0 Å². The van der Waals surface area contributed by atoms with Crippen molar-refractivity contribution in [2.24, 2.45) is 5.92 Å². The zero-order valence-corrected chi connectivity index (χ0v) is 15.3. The second-order valence-electron chi connectivity index (χ2n) is 6.90. The van der Waals surface area contributed by atoms with Crippen molar-refractivity contribution in [2.75, 3.05) is 0 Å². The molecule has 0 aliphatic heterocycles. The minimum atomic E-state index is -0.542. The van der Waals surface area contributed by atoms with Crippen LogP contribution in [-0.4, -0.2) is 27.1 Å². The number of rotatable bonds is 6. The summed E-state index contributed by atoms with van der Waals surface area (Å²) in [4.78, 5) is 12.0. The highest BCUT2D eigenvalue weighted by Gasteiger charge is 2.25. The van der Waals surface area contributed by atoms with Crippen LogP contribution in [0.2, 0.25) is 0 Å². The van der Waals surface area contributed by atoms with Gasteiger partial charge in [0.15, 0.2) is 0 Å². The second-order valence-corrected chi connectivity index (χ2v) is 8.43. The van der Waals surface area contributed by atoms with Gasteiger partial charge in [-0.25, -0.2) is 4.79 Å². The van der Waals surface area contributed by atoms with Crippen molar-refractivity contribution in [3.63, 3.8) is 0 Å². The van der Waals surface area contributed by atoms with Crippen LogP contribution in [0.3, 0.4) is 0 Å². The minimum absolute atomic E-state index is 0.344. The fourth-order valence-electron chi connectivity index (χ4n) is 1.75. The quantitative estimate of drug-likeness (QED) is 0.789. The number of aromatic nitrogens is 2. The maximum Gasteiger partial charge on any atom is 0.408 e. The summed E-state index contributed by atoms with van der Waals surface area (Å²) >= 11 is 1.50. The average Bonchev–Trinajstić information content (AvgIpc) is 2.72. The molecule has 0 radical (unpaired) electrons. The largest absolute Gasteiger partial charge is 0.444 e. The monoisotopic (exact) mass is 329 g/mol. The van der Waals surface area contributed by atoms with E-state index in [1.165, 1.54) is 11.8 Å². The number of alkyl carbamates (subject to hydrolysis) is 1. The molecular formula is C15H27N3O3S. The molecule has 0 saturated carbocycles. The van der Waals surface area contributed by atoms with Gasteiger partial charge in [0.25, 0.3) is 5.22 Å². The fraction of sp³-hybridized carbons (Fsp3) is 0.800. The molecule has 1 unspecified atom stereocenters. The highest BCUT2D eigenvalue weighted by Crippen LogP contribution is 2.26. The van der Waals surface area contributed by atoms with Crippen LogP contribution in [-0.2, 0) is 4.74 Å². The Morgan fingerprint density at radius 2 is 1.91 bits per heavy atom. The summed E-state index contributed by atoms with van der Waals surface area (Å²) in [5, 5.41) is 11.8. The van der Waals surface area contributed by atoms with Gasteiger partial charge in [0.05, 0.1) is 0 Å². The molecule has 1 rings (SSSR count). The first-order valence-corrected chi connectivity index (χ1v) is 8.44. The van der Waals surface area contributed by atoms with Crippen LogP contribution in [0.15, 0.2) is 9.64 Å². The van der Waals surface area contributed by atoms with E-state index in [4.69, 9.17) is 9.15 Å². The molecule has 0 aliphatic carbocycles. The number of ether oxygens (including phenoxy) is 1. The van der Waals surface area contributed by atoms with Crippen LogP contribution < -0.4 is 5.32 Å². The first-order chi connectivity index (χ1) is 10.1. The van der Waals surface area contributed by atoms with Gasteiger partial charge in [0.1, 0.15) is 11.6 Å². The lowest BCUT2D eigenvalue weighted by molar-refractivity contribution is 0.0487. The van der Waals surface area contributed by atoms with E-state index in [-0.39, 0.29) is 6.04 Å². The van der Waals surface area contributed by atoms with Gasteiger partial charge in [-0.3, -0.25) is 0 Å². The normalized spacial score (nSPS) is 13.5. The third-order valence-corrected chi connectivity index (χ3v) is 3.29. The molecule has 6 nitrogen and oxygen atoms in total. The lowest BCUT2D eigenvalue weighted by Gasteiger charge is -2.22. The van der Waals surface area contributed by atoms with Crippen LogP contribution in [0.1, 0.15) is 66.8 Å². The fourth-order valence-corrected chi connectivity index (χ4v) is 2.38. The predicted molar refractivity (Wildman–Crippen MR) is 86.9 cm³/mol. The van der Waals surface area contributed by atoms with Crippen LogP contribution in [0.4, 0.5) is 4.79 Å². The molecule has 0 aromatic carbocycles. The first-order valence-electron chi connectivity index (χ1n) is 7.56. The van der Waals surface area contributed by atoms with Crippen LogP contribution >= 0.6 is 11.8 Å². The number of hydrogen-bond acceptors (Lipinski definition) is 6. The topological polar surface area (TPSA) is 77.2 Å². The molecule has 0 aliphatic rings. The molecule has 0 spiro atoms. The van der Waals surface area contributed by atoms with Crippen LogP contribution in [0.25, 0.3) is 0 Å². The first kappa shape index (κ1) is 18.8. The molecule has 7 heteroatoms. The third-order valence-electron chi connectivity index (χ3n) is 2.45. The summed E-state index contributed by atoms with van der Waals surface area (Å²) in [6.45, 7) is 13.7. The number of amides is 1. The summed E-state index contributed by atoms with van der Waals surface area (Å²) < 4.78 is 11.0. The van der Waals surface area contributed by atoms with Crippen molar-refractivity contribution in [2.45, 2.75) is 77.0 Å². The molecule has 1 aromatic heterocycles. The van der Waals surface area contributed by atoms with Gasteiger partial charge in [-0.1, -0.05) is 39.5 Å². The summed E-state index contributed by atoms with van der Waals surface area (Å²) in [5.74, 6) is 0.788. The van der Waals surface area contributed by atoms with Crippen molar-refractivity contribution >= 4 is 17.9 Å². The smallest absolute Gasteiger partial charge is 0.408 e. The van der Waals surface area contributed by atoms with Crippen molar-refractivity contribution in [1.29, 1.82) is 0 Å². The zero-order valence-electron chi connectivity index (χ0n) is 14.5. The van der Waals surface area contributed by atoms with E-state index < -0.39 is 11.7 Å². The van der Waals surface area contributed by atoms with E-state index in [1.807, 2.05) is 20.8 Å². The van der Waals surface area contributed by atoms with E-state index in [0.717, 1.165) is 0 Å². The third kappa shape index (κ3) is 7.15. The van der Waals surface area contributed by atoms with E-state index in [0.29, 0.717) is 28.7 Å². The van der Waals surface area contributed by atoms with Crippen molar-refractivity contribution in [1.82, 2.24) is 15.5 Å². The van der Waals surface area contributed by atoms with Gasteiger partial charge in [0.2, 0.25) is 5.89 Å². The molecule has 126 valence electrons. The lowest BCUT2D eigenvalue weighted by Crippen LogP contribution is -2.35. The highest BCUT2D eigenvalue weighted by molar-refractivity contribution is 7.99. The zero-order chi connectivity index (χ0) is 16.9. The van der Waals surface area contributed by atoms with Gasteiger partial charge in [-0.15, -0.1) is 10.2 Å². The second kappa shape index (κ2) is 7.85. The molecule has 22 heavy (non-hydrogen) atoms. The van der Waals surface area contributed by atoms with E-state index in [2.05, 4.69) is 43.2 Å². The van der Waals surface area contributed by atoms with Gasteiger partial charge < -0.3 is 14.5 Å². The van der Waals surface area contributed by atoms with E-state index in [9.17, 15) is 4.79 Å². The molecule has 0 saturated heterocycles. The Bertz CT molecular complexity index is 481. The summed E-state index contributed by atoms with van der Waals surface area (Å²) in [6.07, 6.45) is 0.224. The average molecular weight is 329 g/mol. The molecule has 1 heterocycles. The number of carbonyl (C=O) groups is 1. The van der Waals surface area contributed by atoms with E-state index in [1.54, 1.807) is 0 Å². The number of carbonyl (C=O) groups excluding carboxylic acids is 1. The summed E-state index contributed by atoms with van der Waals surface area (Å²) in [5.41, 5.74) is -0.542. The predicted octanol–water partition coefficient (Wildman–Crippen LogP) is 4.18. The number of hydrogen-bond donors (Lipinski definition) is 1. The standard InChI is InChI=1S/C15H27N3O3S/c1-9(2)8-11(16-13(19)21-15(5,6)7)12-17-18-14(20-12)22-10(3)4/h9-11H,8H2,1-7H3,(H,16,19). The highest BCUT2D eigenvalue weighted by atomic mass is 32.2. The molecule has 1 atom stereocenters. The van der Waals surface area contributed by atoms with Crippen molar-refractivity contribution < 1.29 is 13.9 Å². The lowest BCUT2D eigenvalue weighted by atomic mass is 10.0. The summed E-state index contributed by atoms with van der Waals surface area (Å²) in [7, 11) is 0. The van der Waals surface area contributed by atoms with Gasteiger partial charge in [-0.05, 0) is 33.1 Å². The van der Waals surface area contributed by atoms with E-state index >= 15 is 0 Å².